The molecule has 7 nitrogen and oxygen atoms in total. The van der Waals surface area contributed by atoms with E-state index in [4.69, 9.17) is 5.73 Å². The molecule has 0 aromatic carbocycles. The number of aromatic nitrogens is 2. The highest BCUT2D eigenvalue weighted by Crippen LogP contribution is 2.08. The average Bonchev–Trinajstić information content (AvgIpc) is 2.81. The summed E-state index contributed by atoms with van der Waals surface area (Å²) in [5.74, 6) is -1.30. The number of carbonyl (C=O) groups is 2. The van der Waals surface area contributed by atoms with E-state index in [0.717, 1.165) is 5.56 Å². The van der Waals surface area contributed by atoms with Crippen molar-refractivity contribution in [2.75, 3.05) is 6.61 Å². The summed E-state index contributed by atoms with van der Waals surface area (Å²) in [6, 6.07) is -1.58. The summed E-state index contributed by atoms with van der Waals surface area (Å²) < 4.78 is 4.65. The molecular formula is C10H16N4O3. The first kappa shape index (κ1) is 13.2. The van der Waals surface area contributed by atoms with Gasteiger partial charge >= 0.3 is 5.97 Å². The fourth-order valence-electron chi connectivity index (χ4n) is 1.22. The number of esters is 1. The Bertz CT molecular complexity index is 377. The minimum atomic E-state index is -1.30. The molecule has 1 aromatic heterocycles. The van der Waals surface area contributed by atoms with Crippen molar-refractivity contribution in [3.05, 3.63) is 18.0 Å². The molecule has 2 atom stereocenters. The fourth-order valence-corrected chi connectivity index (χ4v) is 1.22. The van der Waals surface area contributed by atoms with Crippen LogP contribution in [0, 0.1) is 0 Å². The Balaban J connectivity index is 2.51. The molecule has 94 valence electrons. The molecule has 7 heteroatoms. The summed E-state index contributed by atoms with van der Waals surface area (Å²) in [6.07, 6.45) is 3.24. The summed E-state index contributed by atoms with van der Waals surface area (Å²) in [5, 5.41) is 8.99. The molecule has 0 aliphatic rings. The lowest BCUT2D eigenvalue weighted by molar-refractivity contribution is -0.148. The van der Waals surface area contributed by atoms with Gasteiger partial charge in [-0.2, -0.15) is 5.10 Å². The Morgan fingerprint density at radius 1 is 1.65 bits per heavy atom. The Hall–Kier alpha value is -1.89. The van der Waals surface area contributed by atoms with Crippen molar-refractivity contribution in [2.45, 2.75) is 25.9 Å². The maximum atomic E-state index is 11.6. The topological polar surface area (TPSA) is 110 Å². The molecule has 0 bridgehead atoms. The number of nitrogens with zero attached hydrogens (tertiary/aromatic N) is 1. The number of aromatic amines is 1. The highest BCUT2D eigenvalue weighted by Gasteiger charge is 2.24. The van der Waals surface area contributed by atoms with Crippen LogP contribution in [0.2, 0.25) is 0 Å². The predicted octanol–water partition coefficient (Wildman–Crippen LogP) is -0.523. The molecule has 0 fully saturated rings. The van der Waals surface area contributed by atoms with E-state index < -0.39 is 17.9 Å². The SMILES string of the molecule is CCOC(=O)C(N)C(=O)NC(C)c1cn[nH]c1. The van der Waals surface area contributed by atoms with Crippen molar-refractivity contribution in [2.24, 2.45) is 5.73 Å². The summed E-state index contributed by atoms with van der Waals surface area (Å²) >= 11 is 0. The molecule has 0 saturated carbocycles. The van der Waals surface area contributed by atoms with Gasteiger partial charge in [0.1, 0.15) is 0 Å². The van der Waals surface area contributed by atoms with Gasteiger partial charge in [-0.25, -0.2) is 4.79 Å². The molecule has 2 unspecified atom stereocenters. The zero-order valence-corrected chi connectivity index (χ0v) is 9.77. The number of ether oxygens (including phenoxy) is 1. The predicted molar refractivity (Wildman–Crippen MR) is 59.8 cm³/mol. The first-order chi connectivity index (χ1) is 8.06. The minimum absolute atomic E-state index is 0.192. The smallest absolute Gasteiger partial charge is 0.332 e. The van der Waals surface area contributed by atoms with Gasteiger partial charge in [0.05, 0.1) is 18.8 Å². The van der Waals surface area contributed by atoms with Crippen molar-refractivity contribution in [3.8, 4) is 0 Å². The van der Waals surface area contributed by atoms with E-state index in [1.54, 1.807) is 26.2 Å². The van der Waals surface area contributed by atoms with Gasteiger partial charge < -0.3 is 15.8 Å². The number of rotatable bonds is 5. The van der Waals surface area contributed by atoms with Crippen LogP contribution in [0.3, 0.4) is 0 Å². The molecule has 0 radical (unpaired) electrons. The third-order valence-electron chi connectivity index (χ3n) is 2.20. The van der Waals surface area contributed by atoms with Gasteiger partial charge in [0.2, 0.25) is 5.91 Å². The molecule has 4 N–H and O–H groups in total. The second-order valence-corrected chi connectivity index (χ2v) is 3.49. The van der Waals surface area contributed by atoms with Crippen LogP contribution in [0.15, 0.2) is 12.4 Å². The Labute approximate surface area is 98.7 Å². The van der Waals surface area contributed by atoms with E-state index in [2.05, 4.69) is 20.3 Å². The minimum Gasteiger partial charge on any atom is -0.464 e. The zero-order chi connectivity index (χ0) is 12.8. The number of nitrogens with one attached hydrogen (secondary N) is 2. The van der Waals surface area contributed by atoms with Crippen LogP contribution >= 0.6 is 0 Å². The van der Waals surface area contributed by atoms with Crippen molar-refractivity contribution < 1.29 is 14.3 Å². The van der Waals surface area contributed by atoms with Crippen LogP contribution in [0.25, 0.3) is 0 Å². The van der Waals surface area contributed by atoms with Crippen molar-refractivity contribution >= 4 is 11.9 Å². The summed E-state index contributed by atoms with van der Waals surface area (Å²) in [6.45, 7) is 3.61. The van der Waals surface area contributed by atoms with Gasteiger partial charge in [-0.05, 0) is 13.8 Å². The first-order valence-electron chi connectivity index (χ1n) is 5.27. The van der Waals surface area contributed by atoms with E-state index >= 15 is 0 Å². The Morgan fingerprint density at radius 3 is 2.88 bits per heavy atom. The van der Waals surface area contributed by atoms with Gasteiger partial charge in [0, 0.05) is 11.8 Å². The largest absolute Gasteiger partial charge is 0.464 e. The normalized spacial score (nSPS) is 13.8. The second kappa shape index (κ2) is 6.00. The van der Waals surface area contributed by atoms with Crippen LogP contribution in [0.4, 0.5) is 0 Å². The van der Waals surface area contributed by atoms with E-state index in [0.29, 0.717) is 0 Å². The molecular weight excluding hydrogens is 224 g/mol. The van der Waals surface area contributed by atoms with Gasteiger partial charge in [0.15, 0.2) is 6.04 Å². The van der Waals surface area contributed by atoms with E-state index in [1.165, 1.54) is 0 Å². The molecule has 0 saturated heterocycles. The van der Waals surface area contributed by atoms with Crippen LogP contribution in [-0.2, 0) is 14.3 Å². The summed E-state index contributed by atoms with van der Waals surface area (Å²) in [5.41, 5.74) is 6.24. The molecule has 1 heterocycles. The van der Waals surface area contributed by atoms with Crippen LogP contribution in [0.5, 0.6) is 0 Å². The molecule has 0 aliphatic heterocycles. The number of nitrogens with two attached hydrogens (primary N) is 1. The van der Waals surface area contributed by atoms with Crippen LogP contribution < -0.4 is 11.1 Å². The third kappa shape index (κ3) is 3.56. The number of hydrogen-bond donors (Lipinski definition) is 3. The van der Waals surface area contributed by atoms with Gasteiger partial charge in [-0.1, -0.05) is 0 Å². The number of carbonyl (C=O) groups excluding carboxylic acids is 2. The summed E-state index contributed by atoms with van der Waals surface area (Å²) in [7, 11) is 0. The maximum Gasteiger partial charge on any atom is 0.332 e. The van der Waals surface area contributed by atoms with Gasteiger partial charge in [0.25, 0.3) is 0 Å². The Morgan fingerprint density at radius 2 is 2.35 bits per heavy atom. The van der Waals surface area contributed by atoms with E-state index in [1.807, 2.05) is 0 Å². The van der Waals surface area contributed by atoms with E-state index in [-0.39, 0.29) is 12.6 Å². The lowest BCUT2D eigenvalue weighted by atomic mass is 10.2. The molecule has 0 aliphatic carbocycles. The molecule has 17 heavy (non-hydrogen) atoms. The molecule has 1 amide bonds. The number of H-pyrrole nitrogens is 1. The third-order valence-corrected chi connectivity index (χ3v) is 2.20. The van der Waals surface area contributed by atoms with Gasteiger partial charge in [-0.3, -0.25) is 9.89 Å². The maximum absolute atomic E-state index is 11.6. The Kier molecular flexibility index (Phi) is 4.65. The lowest BCUT2D eigenvalue weighted by Crippen LogP contribution is -2.47. The quantitative estimate of drug-likeness (QED) is 0.473. The highest BCUT2D eigenvalue weighted by molar-refractivity contribution is 6.01. The van der Waals surface area contributed by atoms with Crippen molar-refractivity contribution in [1.29, 1.82) is 0 Å². The second-order valence-electron chi connectivity index (χ2n) is 3.49. The standard InChI is InChI=1S/C10H16N4O3/c1-3-17-10(16)8(11)9(15)14-6(2)7-4-12-13-5-7/h4-6,8H,3,11H2,1-2H3,(H,12,13)(H,14,15). The van der Waals surface area contributed by atoms with Crippen LogP contribution in [0.1, 0.15) is 25.5 Å². The molecule has 0 spiro atoms. The number of hydrogen-bond acceptors (Lipinski definition) is 5. The lowest BCUT2D eigenvalue weighted by Gasteiger charge is -2.15. The zero-order valence-electron chi connectivity index (χ0n) is 9.77. The highest BCUT2D eigenvalue weighted by atomic mass is 16.5. The first-order valence-corrected chi connectivity index (χ1v) is 5.27. The fraction of sp³-hybridized carbons (Fsp3) is 0.500. The van der Waals surface area contributed by atoms with Crippen LogP contribution in [-0.4, -0.2) is 34.7 Å². The molecule has 1 rings (SSSR count). The number of amides is 1. The summed E-state index contributed by atoms with van der Waals surface area (Å²) in [4.78, 5) is 22.8. The average molecular weight is 240 g/mol. The van der Waals surface area contributed by atoms with Gasteiger partial charge in [-0.15, -0.1) is 0 Å². The van der Waals surface area contributed by atoms with Crippen molar-refractivity contribution in [1.82, 2.24) is 15.5 Å². The van der Waals surface area contributed by atoms with Crippen molar-refractivity contribution in [3.63, 3.8) is 0 Å². The van der Waals surface area contributed by atoms with E-state index in [9.17, 15) is 9.59 Å². The molecule has 1 aromatic rings. The monoisotopic (exact) mass is 240 g/mol.